The Balaban J connectivity index is 0.00000141. The summed E-state index contributed by atoms with van der Waals surface area (Å²) in [4.78, 5) is 20.1. The molecular formula is C23H23N5O4. The average Bonchev–Trinajstić information content (AvgIpc) is 3.56. The third kappa shape index (κ3) is 5.07. The normalized spacial score (nSPS) is 10.1. The Hall–Kier alpha value is -4.27. The van der Waals surface area contributed by atoms with E-state index in [-0.39, 0.29) is 12.5 Å². The van der Waals surface area contributed by atoms with Crippen LogP contribution >= 0.6 is 0 Å². The number of carbonyl (C=O) groups is 1. The predicted molar refractivity (Wildman–Crippen MR) is 118 cm³/mol. The first-order valence-corrected chi connectivity index (χ1v) is 9.95. The predicted octanol–water partition coefficient (Wildman–Crippen LogP) is 4.48. The van der Waals surface area contributed by atoms with Crippen LogP contribution in [-0.4, -0.2) is 39.1 Å². The summed E-state index contributed by atoms with van der Waals surface area (Å²) in [6.45, 7) is 4.07. The molecule has 0 saturated carbocycles. The van der Waals surface area contributed by atoms with Crippen molar-refractivity contribution in [1.82, 2.24) is 20.2 Å². The van der Waals surface area contributed by atoms with Crippen LogP contribution in [0.3, 0.4) is 0 Å². The smallest absolute Gasteiger partial charge is 0.339 e. The van der Waals surface area contributed by atoms with E-state index >= 15 is 0 Å². The zero-order valence-electron chi connectivity index (χ0n) is 18.0. The number of ether oxygens (including phenoxy) is 2. The van der Waals surface area contributed by atoms with Gasteiger partial charge in [0.05, 0.1) is 30.2 Å². The highest BCUT2D eigenvalue weighted by Crippen LogP contribution is 2.24. The third-order valence-electron chi connectivity index (χ3n) is 4.30. The van der Waals surface area contributed by atoms with Gasteiger partial charge >= 0.3 is 5.97 Å². The molecule has 0 radical (unpaired) electrons. The number of nitrogens with zero attached hydrogens (tertiary/aromatic N) is 3. The largest absolute Gasteiger partial charge is 0.472 e. The van der Waals surface area contributed by atoms with Gasteiger partial charge in [0, 0.05) is 17.3 Å². The molecule has 3 heterocycles. The summed E-state index contributed by atoms with van der Waals surface area (Å²) in [5, 5.41) is 15.4. The summed E-state index contributed by atoms with van der Waals surface area (Å²) in [7, 11) is 1.31. The van der Waals surface area contributed by atoms with Crippen LogP contribution in [0, 0.1) is 5.41 Å². The van der Waals surface area contributed by atoms with Crippen LogP contribution in [0.4, 0.5) is 0 Å². The number of rotatable bonds is 6. The second-order valence-electron chi connectivity index (χ2n) is 6.21. The van der Waals surface area contributed by atoms with Crippen LogP contribution in [-0.2, 0) is 16.1 Å². The maximum Gasteiger partial charge on any atom is 0.339 e. The molecule has 0 bridgehead atoms. The standard InChI is InChI=1S/C21H17N5O4.C2H6/c1-28-21(27)13-6-7-15(23-10-13)12-30-18(22)16-4-2-3-5-17(16)20-24-19(25-26-20)14-8-9-29-11-14;1-2/h2-11,22H,12H2,1H3,(H,24,25,26);1-2H3. The van der Waals surface area contributed by atoms with Gasteiger partial charge in [-0.2, -0.15) is 5.10 Å². The maximum absolute atomic E-state index is 11.5. The highest BCUT2D eigenvalue weighted by molar-refractivity contribution is 5.98. The van der Waals surface area contributed by atoms with Gasteiger partial charge in [-0.25, -0.2) is 9.78 Å². The minimum Gasteiger partial charge on any atom is -0.472 e. The molecule has 0 aliphatic rings. The van der Waals surface area contributed by atoms with E-state index in [9.17, 15) is 4.79 Å². The minimum absolute atomic E-state index is 0.0364. The van der Waals surface area contributed by atoms with Crippen molar-refractivity contribution in [3.05, 3.63) is 78.0 Å². The van der Waals surface area contributed by atoms with Gasteiger partial charge in [-0.05, 0) is 24.3 Å². The van der Waals surface area contributed by atoms with Gasteiger partial charge < -0.3 is 13.9 Å². The molecule has 9 nitrogen and oxygen atoms in total. The number of H-pyrrole nitrogens is 1. The zero-order valence-corrected chi connectivity index (χ0v) is 18.0. The fraction of sp³-hybridized carbons (Fsp3) is 0.174. The number of furan rings is 1. The van der Waals surface area contributed by atoms with Gasteiger partial charge in [-0.3, -0.25) is 15.5 Å². The Bertz CT molecular complexity index is 1170. The molecule has 0 atom stereocenters. The van der Waals surface area contributed by atoms with Crippen molar-refractivity contribution in [2.75, 3.05) is 7.11 Å². The van der Waals surface area contributed by atoms with Gasteiger partial charge in [-0.1, -0.05) is 32.0 Å². The first-order chi connectivity index (χ1) is 15.7. The van der Waals surface area contributed by atoms with Crippen LogP contribution in [0.1, 0.15) is 35.5 Å². The molecule has 4 aromatic rings. The summed E-state index contributed by atoms with van der Waals surface area (Å²) in [5.74, 6) is 0.510. The lowest BCUT2D eigenvalue weighted by Crippen LogP contribution is -2.09. The van der Waals surface area contributed by atoms with Crippen LogP contribution < -0.4 is 0 Å². The van der Waals surface area contributed by atoms with E-state index in [1.807, 2.05) is 32.0 Å². The molecule has 1 aromatic carbocycles. The SMILES string of the molecule is CC.COC(=O)c1ccc(COC(=N)c2ccccc2-c2nc(-c3ccoc3)n[nH]2)nc1. The number of pyridine rings is 1. The van der Waals surface area contributed by atoms with E-state index in [4.69, 9.17) is 14.6 Å². The van der Waals surface area contributed by atoms with Crippen molar-refractivity contribution in [3.63, 3.8) is 0 Å². The number of methoxy groups -OCH3 is 1. The third-order valence-corrected chi connectivity index (χ3v) is 4.30. The first kappa shape index (κ1) is 22.4. The molecule has 0 amide bonds. The molecular weight excluding hydrogens is 410 g/mol. The van der Waals surface area contributed by atoms with Crippen LogP contribution in [0.2, 0.25) is 0 Å². The van der Waals surface area contributed by atoms with E-state index in [1.54, 1.807) is 36.8 Å². The Morgan fingerprint density at radius 1 is 1.16 bits per heavy atom. The molecule has 0 fully saturated rings. The zero-order chi connectivity index (χ0) is 22.9. The summed E-state index contributed by atoms with van der Waals surface area (Å²) in [6.07, 6.45) is 4.52. The van der Waals surface area contributed by atoms with Crippen LogP contribution in [0.25, 0.3) is 22.8 Å². The van der Waals surface area contributed by atoms with Gasteiger partial charge in [-0.15, -0.1) is 0 Å². The molecule has 0 saturated heterocycles. The van der Waals surface area contributed by atoms with Crippen molar-refractivity contribution in [3.8, 4) is 22.8 Å². The molecule has 32 heavy (non-hydrogen) atoms. The topological polar surface area (TPSA) is 127 Å². The van der Waals surface area contributed by atoms with Gasteiger partial charge in [0.15, 0.2) is 11.6 Å². The van der Waals surface area contributed by atoms with Crippen molar-refractivity contribution in [1.29, 1.82) is 5.41 Å². The molecule has 164 valence electrons. The molecule has 0 aliphatic carbocycles. The number of esters is 1. The van der Waals surface area contributed by atoms with Crippen molar-refractivity contribution < 1.29 is 18.7 Å². The monoisotopic (exact) mass is 433 g/mol. The average molecular weight is 433 g/mol. The Morgan fingerprint density at radius 2 is 1.97 bits per heavy atom. The Kier molecular flexibility index (Phi) is 7.47. The second-order valence-corrected chi connectivity index (χ2v) is 6.21. The lowest BCUT2D eigenvalue weighted by Gasteiger charge is -2.10. The van der Waals surface area contributed by atoms with E-state index in [0.29, 0.717) is 34.0 Å². The number of aromatic nitrogens is 4. The highest BCUT2D eigenvalue weighted by atomic mass is 16.5. The lowest BCUT2D eigenvalue weighted by molar-refractivity contribution is 0.0600. The fourth-order valence-corrected chi connectivity index (χ4v) is 2.76. The quantitative estimate of drug-likeness (QED) is 0.261. The van der Waals surface area contributed by atoms with Crippen molar-refractivity contribution in [2.24, 2.45) is 0 Å². The van der Waals surface area contributed by atoms with Gasteiger partial charge in [0.2, 0.25) is 5.90 Å². The van der Waals surface area contributed by atoms with Crippen LogP contribution in [0.5, 0.6) is 0 Å². The summed E-state index contributed by atoms with van der Waals surface area (Å²) < 4.78 is 15.3. The molecule has 4 rings (SSSR count). The Labute approximate surface area is 185 Å². The van der Waals surface area contributed by atoms with Crippen molar-refractivity contribution in [2.45, 2.75) is 20.5 Å². The number of aromatic amines is 1. The first-order valence-electron chi connectivity index (χ1n) is 9.95. The summed E-state index contributed by atoms with van der Waals surface area (Å²) in [6, 6.07) is 12.3. The molecule has 2 N–H and O–H groups in total. The van der Waals surface area contributed by atoms with Crippen LogP contribution in [0.15, 0.2) is 65.6 Å². The minimum atomic E-state index is -0.460. The Morgan fingerprint density at radius 3 is 2.66 bits per heavy atom. The second kappa shape index (κ2) is 10.7. The van der Waals surface area contributed by atoms with Crippen molar-refractivity contribution >= 4 is 11.9 Å². The van der Waals surface area contributed by atoms with E-state index in [1.165, 1.54) is 13.3 Å². The lowest BCUT2D eigenvalue weighted by atomic mass is 10.1. The number of hydrogen-bond acceptors (Lipinski definition) is 8. The number of benzene rings is 1. The number of nitrogens with one attached hydrogen (secondary N) is 2. The van der Waals surface area contributed by atoms with E-state index in [2.05, 4.69) is 24.9 Å². The fourth-order valence-electron chi connectivity index (χ4n) is 2.76. The van der Waals surface area contributed by atoms with Gasteiger partial charge in [0.1, 0.15) is 12.9 Å². The van der Waals surface area contributed by atoms with E-state index < -0.39 is 5.97 Å². The van der Waals surface area contributed by atoms with E-state index in [0.717, 1.165) is 5.56 Å². The molecule has 9 heteroatoms. The summed E-state index contributed by atoms with van der Waals surface area (Å²) >= 11 is 0. The molecule has 0 spiro atoms. The maximum atomic E-state index is 11.5. The molecule has 3 aromatic heterocycles. The summed E-state index contributed by atoms with van der Waals surface area (Å²) in [5.41, 5.74) is 2.91. The number of carbonyl (C=O) groups excluding carboxylic acids is 1. The molecule has 0 aliphatic heterocycles. The number of hydrogen-bond donors (Lipinski definition) is 2. The molecule has 0 unspecified atom stereocenters. The highest BCUT2D eigenvalue weighted by Gasteiger charge is 2.16. The van der Waals surface area contributed by atoms with Gasteiger partial charge in [0.25, 0.3) is 0 Å².